The molecule has 0 aromatic heterocycles. The lowest BCUT2D eigenvalue weighted by atomic mass is 9.95. The van der Waals surface area contributed by atoms with E-state index in [1.54, 1.807) is 21.3 Å². The second-order valence-electron chi connectivity index (χ2n) is 3.75. The number of rotatable bonds is 8. The molecule has 6 heteroatoms. The average molecular weight is 380 g/mol. The molecule has 0 aliphatic carbocycles. The van der Waals surface area contributed by atoms with Crippen molar-refractivity contribution in [1.82, 2.24) is 0 Å². The van der Waals surface area contributed by atoms with E-state index in [0.29, 0.717) is 3.85 Å². The van der Waals surface area contributed by atoms with E-state index in [9.17, 15) is 0 Å². The molecule has 0 atom stereocenters. The molecule has 100 valence electrons. The molecule has 1 rings (SSSR count). The van der Waals surface area contributed by atoms with Crippen molar-refractivity contribution in [1.29, 1.82) is 0 Å². The fourth-order valence-corrected chi connectivity index (χ4v) is 3.19. The minimum Gasteiger partial charge on any atom is -0.493 e. The van der Waals surface area contributed by atoms with Gasteiger partial charge in [0, 0.05) is 7.11 Å². The molecule has 0 radical (unpaired) electrons. The normalized spacial score (nSPS) is 10.2. The van der Waals surface area contributed by atoms with Crippen LogP contribution in [0, 0.1) is 0 Å². The Morgan fingerprint density at radius 2 is 1.89 bits per heavy atom. The van der Waals surface area contributed by atoms with Gasteiger partial charge < -0.3 is 13.7 Å². The van der Waals surface area contributed by atoms with E-state index in [-0.39, 0.29) is 0 Å². The number of aryl methyl sites for hydroxylation is 1. The molecule has 18 heavy (non-hydrogen) atoms. The van der Waals surface area contributed by atoms with E-state index in [1.165, 1.54) is 17.5 Å². The minimum atomic E-state index is 0.507. The Kier molecular flexibility index (Phi) is 7.93. The van der Waals surface area contributed by atoms with Crippen molar-refractivity contribution in [2.45, 2.75) is 19.2 Å². The molecular weight excluding hydrogens is 362 g/mol. The van der Waals surface area contributed by atoms with Gasteiger partial charge in [0.25, 0.3) is 0 Å². The summed E-state index contributed by atoms with van der Waals surface area (Å²) in [7, 11) is 5.03. The molecule has 0 saturated carbocycles. The molecule has 0 spiro atoms. The molecule has 0 saturated heterocycles. The van der Waals surface area contributed by atoms with Gasteiger partial charge in [-0.05, 0) is 24.1 Å². The second-order valence-corrected chi connectivity index (χ2v) is 7.20. The summed E-state index contributed by atoms with van der Waals surface area (Å²) < 4.78 is 16.1. The van der Waals surface area contributed by atoms with Gasteiger partial charge in [-0.25, -0.2) is 0 Å². The van der Waals surface area contributed by atoms with Crippen LogP contribution in [0.25, 0.3) is 0 Å². The van der Waals surface area contributed by atoms with Gasteiger partial charge in [-0.15, -0.1) is 22.4 Å². The fraction of sp³-hybridized carbons (Fsp3) is 0.500. The third-order valence-corrected chi connectivity index (χ3v) is 4.43. The summed E-state index contributed by atoms with van der Waals surface area (Å²) in [5.41, 5.74) is 1.28. The first-order valence-electron chi connectivity index (χ1n) is 5.75. The first kappa shape index (κ1) is 16.0. The van der Waals surface area contributed by atoms with Crippen molar-refractivity contribution in [3.05, 3.63) is 23.8 Å². The second kappa shape index (κ2) is 8.93. The maximum absolute atomic E-state index is 5.29. The first-order valence-corrected chi connectivity index (χ1v) is 7.80. The highest BCUT2D eigenvalue weighted by atomic mass is 127. The fourth-order valence-electron chi connectivity index (χ4n) is 1.66. The van der Waals surface area contributed by atoms with Crippen LogP contribution in [0.1, 0.15) is 12.0 Å². The first-order chi connectivity index (χ1) is 8.71. The predicted molar refractivity (Wildman–Crippen MR) is 87.0 cm³/mol. The van der Waals surface area contributed by atoms with Crippen LogP contribution in [-0.2, 0) is 10.6 Å². The van der Waals surface area contributed by atoms with E-state index in [0.717, 1.165) is 30.7 Å². The number of benzene rings is 1. The number of methoxy groups -OCH3 is 2. The topological polar surface area (TPSA) is 27.7 Å². The average Bonchev–Trinajstić information content (AvgIpc) is 2.38. The third kappa shape index (κ3) is 5.28. The molecule has 0 N–H and O–H groups in total. The van der Waals surface area contributed by atoms with Crippen molar-refractivity contribution in [2.75, 3.05) is 21.3 Å². The molecule has 0 heterocycles. The van der Waals surface area contributed by atoms with Gasteiger partial charge in [0.2, 0.25) is 0 Å². The van der Waals surface area contributed by atoms with Gasteiger partial charge in [0.1, 0.15) is 0 Å². The van der Waals surface area contributed by atoms with Crippen LogP contribution in [0.2, 0.25) is 6.32 Å². The molecule has 1 aromatic carbocycles. The lowest BCUT2D eigenvalue weighted by Gasteiger charge is -2.09. The van der Waals surface area contributed by atoms with E-state index >= 15 is 0 Å². The summed E-state index contributed by atoms with van der Waals surface area (Å²) in [5, 5.41) is 0. The van der Waals surface area contributed by atoms with Crippen LogP contribution in [-0.4, -0.2) is 25.2 Å². The summed E-state index contributed by atoms with van der Waals surface area (Å²) in [5.74, 6) is 1.58. The molecule has 0 amide bonds. The van der Waals surface area contributed by atoms with Crippen LogP contribution in [0.15, 0.2) is 18.2 Å². The molecular formula is C12H18BIO3S. The Bertz CT molecular complexity index is 365. The Morgan fingerprint density at radius 3 is 2.50 bits per heavy atom. The molecule has 0 bridgehead atoms. The Balaban J connectivity index is 2.47. The number of ether oxygens (including phenoxy) is 2. The Labute approximate surface area is 127 Å². The van der Waals surface area contributed by atoms with Crippen LogP contribution in [0.5, 0.6) is 11.5 Å². The smallest absolute Gasteiger partial charge is 0.316 e. The number of hydrogen-bond acceptors (Lipinski definition) is 4. The molecule has 0 fully saturated rings. The van der Waals surface area contributed by atoms with E-state index < -0.39 is 0 Å². The zero-order valence-electron chi connectivity index (χ0n) is 10.9. The molecule has 0 aliphatic rings. The molecule has 0 unspecified atom stereocenters. The highest BCUT2D eigenvalue weighted by molar-refractivity contribution is 14.1. The van der Waals surface area contributed by atoms with Gasteiger partial charge >= 0.3 is 3.85 Å². The third-order valence-electron chi connectivity index (χ3n) is 2.55. The van der Waals surface area contributed by atoms with Gasteiger partial charge in [-0.1, -0.05) is 30.7 Å². The standard InChI is InChI=1S/C12H18BIO3S/c1-15-11-7-6-10(9-12(11)16-2)5-4-8-13(14)18-17-3/h6-7,9H,4-5,8H2,1-3H3. The monoisotopic (exact) mass is 380 g/mol. The van der Waals surface area contributed by atoms with Crippen molar-refractivity contribution in [3.8, 4) is 11.5 Å². The summed E-state index contributed by atoms with van der Waals surface area (Å²) in [6.45, 7) is 0. The van der Waals surface area contributed by atoms with Crippen molar-refractivity contribution in [3.63, 3.8) is 0 Å². The van der Waals surface area contributed by atoms with Gasteiger partial charge in [-0.3, -0.25) is 0 Å². The highest BCUT2D eigenvalue weighted by Crippen LogP contribution is 2.28. The van der Waals surface area contributed by atoms with Crippen molar-refractivity contribution >= 4 is 38.1 Å². The van der Waals surface area contributed by atoms with Gasteiger partial charge in [-0.2, -0.15) is 0 Å². The lowest BCUT2D eigenvalue weighted by molar-refractivity contribution is 0.354. The predicted octanol–water partition coefficient (Wildman–Crippen LogP) is 3.85. The maximum Gasteiger partial charge on any atom is 0.316 e. The van der Waals surface area contributed by atoms with Crippen molar-refractivity contribution < 1.29 is 13.7 Å². The number of hydrogen-bond donors (Lipinski definition) is 0. The van der Waals surface area contributed by atoms with E-state index in [4.69, 9.17) is 13.7 Å². The molecule has 0 aliphatic heterocycles. The van der Waals surface area contributed by atoms with Crippen LogP contribution in [0.3, 0.4) is 0 Å². The number of halogens is 1. The molecule has 3 nitrogen and oxygen atoms in total. The molecule has 1 aromatic rings. The van der Waals surface area contributed by atoms with Crippen LogP contribution in [0.4, 0.5) is 0 Å². The largest absolute Gasteiger partial charge is 0.493 e. The summed E-state index contributed by atoms with van der Waals surface area (Å²) >= 11 is 3.93. The van der Waals surface area contributed by atoms with Crippen LogP contribution < -0.4 is 9.47 Å². The summed E-state index contributed by atoms with van der Waals surface area (Å²) in [6.07, 6.45) is 3.32. The van der Waals surface area contributed by atoms with E-state index in [2.05, 4.69) is 28.4 Å². The SMILES string of the molecule is COSB(I)CCCc1ccc(OC)c(OC)c1. The summed E-state index contributed by atoms with van der Waals surface area (Å²) in [6, 6.07) is 6.09. The van der Waals surface area contributed by atoms with E-state index in [1.807, 2.05) is 12.1 Å². The lowest BCUT2D eigenvalue weighted by Crippen LogP contribution is -1.98. The van der Waals surface area contributed by atoms with Gasteiger partial charge in [0.05, 0.1) is 14.2 Å². The summed E-state index contributed by atoms with van der Waals surface area (Å²) in [4.78, 5) is 0. The maximum atomic E-state index is 5.29. The van der Waals surface area contributed by atoms with Gasteiger partial charge in [0.15, 0.2) is 11.5 Å². The zero-order chi connectivity index (χ0) is 13.4. The van der Waals surface area contributed by atoms with Crippen LogP contribution >= 0.6 is 34.3 Å². The van der Waals surface area contributed by atoms with Crippen molar-refractivity contribution in [2.24, 2.45) is 0 Å². The Morgan fingerprint density at radius 1 is 1.17 bits per heavy atom. The zero-order valence-corrected chi connectivity index (χ0v) is 13.9. The minimum absolute atomic E-state index is 0.507. The Hall–Kier alpha value is -0.0751. The quantitative estimate of drug-likeness (QED) is 0.389. The highest BCUT2D eigenvalue weighted by Gasteiger charge is 2.11.